The van der Waals surface area contributed by atoms with Crippen LogP contribution in [0.15, 0.2) is 26.5 Å². The van der Waals surface area contributed by atoms with Crippen LogP contribution < -0.4 is 0 Å². The maximum absolute atomic E-state index is 11.9. The lowest BCUT2D eigenvalue weighted by Crippen LogP contribution is -1.93. The average Bonchev–Trinajstić information content (AvgIpc) is 2.74. The van der Waals surface area contributed by atoms with Gasteiger partial charge in [0.2, 0.25) is 5.78 Å². The van der Waals surface area contributed by atoms with Gasteiger partial charge in [-0.15, -0.1) is 22.7 Å². The van der Waals surface area contributed by atoms with Gasteiger partial charge < -0.3 is 0 Å². The number of halogens is 3. The first kappa shape index (κ1) is 11.8. The Morgan fingerprint density at radius 3 is 2.40 bits per heavy atom. The third kappa shape index (κ3) is 2.53. The van der Waals surface area contributed by atoms with Gasteiger partial charge in [-0.2, -0.15) is 0 Å². The normalized spacial score (nSPS) is 10.6. The minimum absolute atomic E-state index is 0.0169. The Labute approximate surface area is 116 Å². The zero-order valence-corrected chi connectivity index (χ0v) is 12.7. The number of hydrogen-bond donors (Lipinski definition) is 0. The smallest absolute Gasteiger partial charge is 0.212 e. The largest absolute Gasteiger partial charge is 0.287 e. The number of carbonyl (C=O) groups excluding carboxylic acids is 1. The summed E-state index contributed by atoms with van der Waals surface area (Å²) >= 11 is 15.2. The molecule has 2 aromatic rings. The molecule has 2 rings (SSSR count). The van der Waals surface area contributed by atoms with Crippen LogP contribution in [0.3, 0.4) is 0 Å². The monoisotopic (exact) mass is 384 g/mol. The number of rotatable bonds is 2. The molecule has 0 unspecified atom stereocenters. The fourth-order valence-electron chi connectivity index (χ4n) is 1.02. The maximum Gasteiger partial charge on any atom is 0.212 e. The van der Waals surface area contributed by atoms with E-state index in [-0.39, 0.29) is 5.78 Å². The summed E-state index contributed by atoms with van der Waals surface area (Å²) in [5.74, 6) is 0.0169. The molecule has 0 spiro atoms. The van der Waals surface area contributed by atoms with Crippen molar-refractivity contribution in [1.82, 2.24) is 0 Å². The summed E-state index contributed by atoms with van der Waals surface area (Å²) in [6.07, 6.45) is 0. The zero-order valence-electron chi connectivity index (χ0n) is 7.09. The van der Waals surface area contributed by atoms with E-state index in [0.29, 0.717) is 14.1 Å². The van der Waals surface area contributed by atoms with Gasteiger partial charge in [0.05, 0.1) is 17.9 Å². The lowest BCUT2D eigenvalue weighted by Gasteiger charge is -1.90. The van der Waals surface area contributed by atoms with Crippen molar-refractivity contribution in [2.45, 2.75) is 0 Å². The molecule has 6 heteroatoms. The van der Waals surface area contributed by atoms with Crippen molar-refractivity contribution in [3.8, 4) is 0 Å². The highest BCUT2D eigenvalue weighted by atomic mass is 79.9. The van der Waals surface area contributed by atoms with E-state index in [0.717, 1.165) is 8.26 Å². The van der Waals surface area contributed by atoms with E-state index in [1.807, 2.05) is 6.07 Å². The first-order chi connectivity index (χ1) is 7.08. The summed E-state index contributed by atoms with van der Waals surface area (Å²) in [5.41, 5.74) is 0. The van der Waals surface area contributed by atoms with Gasteiger partial charge in [0.1, 0.15) is 0 Å². The second kappa shape index (κ2) is 4.67. The van der Waals surface area contributed by atoms with Crippen molar-refractivity contribution in [3.05, 3.63) is 40.5 Å². The van der Waals surface area contributed by atoms with Crippen LogP contribution in [-0.2, 0) is 0 Å². The Morgan fingerprint density at radius 2 is 1.93 bits per heavy atom. The van der Waals surface area contributed by atoms with Crippen molar-refractivity contribution < 1.29 is 4.79 Å². The average molecular weight is 387 g/mol. The maximum atomic E-state index is 11.9. The molecule has 78 valence electrons. The van der Waals surface area contributed by atoms with E-state index in [4.69, 9.17) is 11.6 Å². The van der Waals surface area contributed by atoms with E-state index in [2.05, 4.69) is 31.9 Å². The van der Waals surface area contributed by atoms with Crippen LogP contribution in [0.4, 0.5) is 0 Å². The fourth-order valence-corrected chi connectivity index (χ4v) is 4.07. The molecule has 0 aliphatic heterocycles. The van der Waals surface area contributed by atoms with Gasteiger partial charge in [-0.1, -0.05) is 11.6 Å². The number of thiophene rings is 2. The van der Waals surface area contributed by atoms with Gasteiger partial charge in [0.25, 0.3) is 0 Å². The molecule has 0 amide bonds. The summed E-state index contributed by atoms with van der Waals surface area (Å²) in [4.78, 5) is 13.3. The van der Waals surface area contributed by atoms with Gasteiger partial charge in [0.15, 0.2) is 0 Å². The third-order valence-electron chi connectivity index (χ3n) is 1.67. The highest BCUT2D eigenvalue weighted by Crippen LogP contribution is 2.34. The number of carbonyl (C=O) groups is 1. The quantitative estimate of drug-likeness (QED) is 0.647. The molecular formula is C9H3Br2ClOS2. The van der Waals surface area contributed by atoms with E-state index in [9.17, 15) is 4.79 Å². The van der Waals surface area contributed by atoms with Crippen LogP contribution in [0.25, 0.3) is 0 Å². The molecule has 2 heterocycles. The van der Waals surface area contributed by atoms with Crippen LogP contribution in [-0.4, -0.2) is 5.78 Å². The standard InChI is InChI=1S/C9H3Br2ClOS2/c10-4-3-6(15-9(4)11)8(13)5-1-2-7(12)14-5/h1-3H. The van der Waals surface area contributed by atoms with Crippen molar-refractivity contribution in [1.29, 1.82) is 0 Å². The topological polar surface area (TPSA) is 17.1 Å². The fraction of sp³-hybridized carbons (Fsp3) is 0. The molecule has 2 aromatic heterocycles. The van der Waals surface area contributed by atoms with E-state index < -0.39 is 0 Å². The molecule has 1 nitrogen and oxygen atoms in total. The molecule has 0 saturated carbocycles. The molecule has 0 N–H and O–H groups in total. The van der Waals surface area contributed by atoms with Crippen molar-refractivity contribution in [2.75, 3.05) is 0 Å². The number of ketones is 1. The SMILES string of the molecule is O=C(c1ccc(Cl)s1)c1cc(Br)c(Br)s1. The molecule has 0 radical (unpaired) electrons. The third-order valence-corrected chi connectivity index (χ3v) is 6.15. The van der Waals surface area contributed by atoms with Crippen LogP contribution in [0, 0.1) is 0 Å². The van der Waals surface area contributed by atoms with Crippen molar-refractivity contribution >= 4 is 71.9 Å². The Bertz CT molecular complexity index is 498. The van der Waals surface area contributed by atoms with Gasteiger partial charge in [0, 0.05) is 4.47 Å². The lowest BCUT2D eigenvalue weighted by molar-refractivity contribution is 0.104. The molecule has 0 aromatic carbocycles. The molecule has 0 aliphatic rings. The highest BCUT2D eigenvalue weighted by molar-refractivity contribution is 9.13. The first-order valence-electron chi connectivity index (χ1n) is 3.83. The van der Waals surface area contributed by atoms with Crippen LogP contribution in [0.5, 0.6) is 0 Å². The van der Waals surface area contributed by atoms with Crippen molar-refractivity contribution in [2.24, 2.45) is 0 Å². The zero-order chi connectivity index (χ0) is 11.0. The molecule has 0 atom stereocenters. The summed E-state index contributed by atoms with van der Waals surface area (Å²) < 4.78 is 2.46. The van der Waals surface area contributed by atoms with E-state index in [1.165, 1.54) is 22.7 Å². The van der Waals surface area contributed by atoms with Crippen molar-refractivity contribution in [3.63, 3.8) is 0 Å². The number of hydrogen-bond acceptors (Lipinski definition) is 3. The molecule has 0 saturated heterocycles. The summed E-state index contributed by atoms with van der Waals surface area (Å²) in [6, 6.07) is 5.29. The van der Waals surface area contributed by atoms with Gasteiger partial charge in [-0.3, -0.25) is 4.79 Å². The summed E-state index contributed by atoms with van der Waals surface area (Å²) in [7, 11) is 0. The van der Waals surface area contributed by atoms with Crippen LogP contribution in [0.2, 0.25) is 4.34 Å². The van der Waals surface area contributed by atoms with Crippen LogP contribution in [0.1, 0.15) is 14.5 Å². The molecule has 15 heavy (non-hydrogen) atoms. The molecule has 0 aliphatic carbocycles. The lowest BCUT2D eigenvalue weighted by atomic mass is 10.3. The second-order valence-electron chi connectivity index (χ2n) is 2.67. The second-order valence-corrected chi connectivity index (χ2v) is 7.60. The molecule has 0 fully saturated rings. The summed E-state index contributed by atoms with van der Waals surface area (Å²) in [5, 5.41) is 0. The predicted molar refractivity (Wildman–Crippen MR) is 72.5 cm³/mol. The van der Waals surface area contributed by atoms with E-state index >= 15 is 0 Å². The van der Waals surface area contributed by atoms with Gasteiger partial charge >= 0.3 is 0 Å². The van der Waals surface area contributed by atoms with E-state index in [1.54, 1.807) is 12.1 Å². The minimum Gasteiger partial charge on any atom is -0.287 e. The predicted octanol–water partition coefficient (Wildman–Crippen LogP) is 5.22. The Balaban J connectivity index is 2.36. The molecular weight excluding hydrogens is 383 g/mol. The Kier molecular flexibility index (Phi) is 3.67. The Morgan fingerprint density at radius 1 is 1.20 bits per heavy atom. The van der Waals surface area contributed by atoms with Crippen LogP contribution >= 0.6 is 66.1 Å². The van der Waals surface area contributed by atoms with Gasteiger partial charge in [-0.05, 0) is 50.1 Å². The minimum atomic E-state index is 0.0169. The Hall–Kier alpha value is 0.320. The summed E-state index contributed by atoms with van der Waals surface area (Å²) in [6.45, 7) is 0. The van der Waals surface area contributed by atoms with Gasteiger partial charge in [-0.25, -0.2) is 0 Å². The first-order valence-corrected chi connectivity index (χ1v) is 7.42. The highest BCUT2D eigenvalue weighted by Gasteiger charge is 2.15. The molecule has 0 bridgehead atoms.